The Bertz CT molecular complexity index is 651. The minimum atomic E-state index is -3.21. The van der Waals surface area contributed by atoms with Crippen molar-refractivity contribution in [2.24, 2.45) is 17.8 Å². The van der Waals surface area contributed by atoms with Gasteiger partial charge in [-0.25, -0.2) is 8.42 Å². The van der Waals surface area contributed by atoms with E-state index in [4.69, 9.17) is 0 Å². The van der Waals surface area contributed by atoms with E-state index in [2.05, 4.69) is 5.32 Å². The smallest absolute Gasteiger partial charge is 0.251 e. The van der Waals surface area contributed by atoms with Gasteiger partial charge >= 0.3 is 0 Å². The maximum absolute atomic E-state index is 12.1. The van der Waals surface area contributed by atoms with E-state index in [-0.39, 0.29) is 10.8 Å². The Kier molecular flexibility index (Phi) is 4.26. The SMILES string of the molecule is CS(=O)(=O)c1ccc(C(=O)NCC[C@@H]2C[C@H]3CC[C@H]2C3)cc1. The van der Waals surface area contributed by atoms with Gasteiger partial charge in [0, 0.05) is 18.4 Å². The molecule has 1 N–H and O–H groups in total. The number of amides is 1. The molecule has 3 rings (SSSR count). The van der Waals surface area contributed by atoms with Crippen molar-refractivity contribution < 1.29 is 13.2 Å². The highest BCUT2D eigenvalue weighted by molar-refractivity contribution is 7.90. The molecule has 0 heterocycles. The summed E-state index contributed by atoms with van der Waals surface area (Å²) in [5.41, 5.74) is 0.514. The highest BCUT2D eigenvalue weighted by atomic mass is 32.2. The van der Waals surface area contributed by atoms with Crippen LogP contribution >= 0.6 is 0 Å². The molecule has 5 heteroatoms. The zero-order valence-electron chi connectivity index (χ0n) is 12.9. The Morgan fingerprint density at radius 3 is 2.45 bits per heavy atom. The van der Waals surface area contributed by atoms with Crippen LogP contribution in [-0.4, -0.2) is 27.1 Å². The average molecular weight is 321 g/mol. The predicted octanol–water partition coefficient (Wildman–Crippen LogP) is 2.65. The number of sulfone groups is 1. The first-order chi connectivity index (χ1) is 10.4. The third-order valence-electron chi connectivity index (χ3n) is 5.23. The lowest BCUT2D eigenvalue weighted by molar-refractivity contribution is 0.0949. The largest absolute Gasteiger partial charge is 0.352 e. The summed E-state index contributed by atoms with van der Waals surface area (Å²) in [5.74, 6) is 2.49. The maximum atomic E-state index is 12.1. The van der Waals surface area contributed by atoms with E-state index in [1.165, 1.54) is 37.8 Å². The highest BCUT2D eigenvalue weighted by Gasteiger charge is 2.38. The first kappa shape index (κ1) is 15.5. The molecule has 0 aliphatic heterocycles. The van der Waals surface area contributed by atoms with Crippen molar-refractivity contribution in [3.05, 3.63) is 29.8 Å². The molecule has 3 atom stereocenters. The van der Waals surface area contributed by atoms with E-state index in [9.17, 15) is 13.2 Å². The number of hydrogen-bond donors (Lipinski definition) is 1. The maximum Gasteiger partial charge on any atom is 0.251 e. The van der Waals surface area contributed by atoms with E-state index in [1.54, 1.807) is 12.1 Å². The van der Waals surface area contributed by atoms with Crippen LogP contribution in [0.25, 0.3) is 0 Å². The van der Waals surface area contributed by atoms with Gasteiger partial charge in [-0.15, -0.1) is 0 Å². The molecule has 2 aliphatic carbocycles. The fourth-order valence-electron chi connectivity index (χ4n) is 4.06. The molecule has 0 aromatic heterocycles. The van der Waals surface area contributed by atoms with Gasteiger partial charge in [0.1, 0.15) is 0 Å². The van der Waals surface area contributed by atoms with E-state index in [1.807, 2.05) is 0 Å². The van der Waals surface area contributed by atoms with Crippen LogP contribution in [0.2, 0.25) is 0 Å². The second-order valence-electron chi connectivity index (χ2n) is 6.78. The summed E-state index contributed by atoms with van der Waals surface area (Å²) in [6, 6.07) is 6.12. The minimum absolute atomic E-state index is 0.122. The quantitative estimate of drug-likeness (QED) is 0.907. The first-order valence-corrected chi connectivity index (χ1v) is 9.91. The molecule has 1 aromatic carbocycles. The van der Waals surface area contributed by atoms with Crippen molar-refractivity contribution in [2.75, 3.05) is 12.8 Å². The number of rotatable bonds is 5. The van der Waals surface area contributed by atoms with Gasteiger partial charge in [0.2, 0.25) is 0 Å². The van der Waals surface area contributed by atoms with Crippen LogP contribution in [-0.2, 0) is 9.84 Å². The normalized spacial score (nSPS) is 27.0. The molecule has 22 heavy (non-hydrogen) atoms. The molecule has 2 saturated carbocycles. The van der Waals surface area contributed by atoms with Gasteiger partial charge in [0.25, 0.3) is 5.91 Å². The van der Waals surface area contributed by atoms with Crippen molar-refractivity contribution in [2.45, 2.75) is 37.0 Å². The van der Waals surface area contributed by atoms with Crippen molar-refractivity contribution in [1.82, 2.24) is 5.32 Å². The van der Waals surface area contributed by atoms with Gasteiger partial charge in [-0.2, -0.15) is 0 Å². The Labute approximate surface area is 132 Å². The van der Waals surface area contributed by atoms with Gasteiger partial charge in [0.15, 0.2) is 9.84 Å². The third-order valence-corrected chi connectivity index (χ3v) is 6.36. The third kappa shape index (κ3) is 3.35. The molecule has 120 valence electrons. The second-order valence-corrected chi connectivity index (χ2v) is 8.79. The molecule has 0 radical (unpaired) electrons. The standard InChI is InChI=1S/C17H23NO3S/c1-22(20,21)16-6-4-13(5-7-16)17(19)18-9-8-15-11-12-2-3-14(15)10-12/h4-7,12,14-15H,2-3,8-11H2,1H3,(H,18,19)/t12-,14-,15+/m0/s1. The number of benzene rings is 1. The lowest BCUT2D eigenvalue weighted by Crippen LogP contribution is -2.27. The van der Waals surface area contributed by atoms with E-state index in [0.717, 1.165) is 30.4 Å². The van der Waals surface area contributed by atoms with Gasteiger partial charge < -0.3 is 5.32 Å². The van der Waals surface area contributed by atoms with Crippen molar-refractivity contribution in [3.8, 4) is 0 Å². The Morgan fingerprint density at radius 2 is 1.91 bits per heavy atom. The Hall–Kier alpha value is -1.36. The fraction of sp³-hybridized carbons (Fsp3) is 0.588. The number of carbonyl (C=O) groups excluding carboxylic acids is 1. The lowest BCUT2D eigenvalue weighted by atomic mass is 9.86. The van der Waals surface area contributed by atoms with Gasteiger partial charge in [-0.05, 0) is 67.7 Å². The number of fused-ring (bicyclic) bond motifs is 2. The summed E-state index contributed by atoms with van der Waals surface area (Å²) in [6.07, 6.45) is 7.73. The number of nitrogens with one attached hydrogen (secondary N) is 1. The molecule has 1 aromatic rings. The molecule has 0 unspecified atom stereocenters. The molecule has 0 spiro atoms. The minimum Gasteiger partial charge on any atom is -0.352 e. The Morgan fingerprint density at radius 1 is 1.18 bits per heavy atom. The van der Waals surface area contributed by atoms with E-state index in [0.29, 0.717) is 12.1 Å². The van der Waals surface area contributed by atoms with Crippen molar-refractivity contribution in [3.63, 3.8) is 0 Å². The molecule has 4 nitrogen and oxygen atoms in total. The van der Waals surface area contributed by atoms with Gasteiger partial charge in [0.05, 0.1) is 4.90 Å². The van der Waals surface area contributed by atoms with Crippen LogP contribution in [0.5, 0.6) is 0 Å². The highest BCUT2D eigenvalue weighted by Crippen LogP contribution is 2.49. The molecule has 1 amide bonds. The van der Waals surface area contributed by atoms with Crippen LogP contribution in [0.4, 0.5) is 0 Å². The molecule has 0 saturated heterocycles. The average Bonchev–Trinajstić information content (AvgIpc) is 3.09. The van der Waals surface area contributed by atoms with E-state index < -0.39 is 9.84 Å². The molecular formula is C17H23NO3S. The summed E-state index contributed by atoms with van der Waals surface area (Å²) in [4.78, 5) is 12.3. The topological polar surface area (TPSA) is 63.2 Å². The number of hydrogen-bond acceptors (Lipinski definition) is 3. The number of carbonyl (C=O) groups is 1. The first-order valence-electron chi connectivity index (χ1n) is 8.02. The molecular weight excluding hydrogens is 298 g/mol. The van der Waals surface area contributed by atoms with Crippen LogP contribution in [0.15, 0.2) is 29.2 Å². The van der Waals surface area contributed by atoms with Crippen LogP contribution in [0, 0.1) is 17.8 Å². The summed E-state index contributed by atoms with van der Waals surface area (Å²) in [5, 5.41) is 2.96. The van der Waals surface area contributed by atoms with Gasteiger partial charge in [-0.1, -0.05) is 6.42 Å². The second kappa shape index (κ2) is 6.03. The van der Waals surface area contributed by atoms with Crippen molar-refractivity contribution >= 4 is 15.7 Å². The lowest BCUT2D eigenvalue weighted by Gasteiger charge is -2.21. The summed E-state index contributed by atoms with van der Waals surface area (Å²) in [7, 11) is -3.21. The summed E-state index contributed by atoms with van der Waals surface area (Å²) < 4.78 is 22.8. The molecule has 2 aliphatic rings. The van der Waals surface area contributed by atoms with Crippen LogP contribution in [0.1, 0.15) is 42.5 Å². The zero-order valence-corrected chi connectivity index (χ0v) is 13.7. The van der Waals surface area contributed by atoms with Crippen LogP contribution < -0.4 is 5.32 Å². The van der Waals surface area contributed by atoms with Crippen molar-refractivity contribution in [1.29, 1.82) is 0 Å². The summed E-state index contributed by atoms with van der Waals surface area (Å²) in [6.45, 7) is 0.709. The molecule has 2 bridgehead atoms. The predicted molar refractivity (Wildman–Crippen MR) is 85.4 cm³/mol. The van der Waals surface area contributed by atoms with Crippen LogP contribution in [0.3, 0.4) is 0 Å². The fourth-order valence-corrected chi connectivity index (χ4v) is 4.69. The Balaban J connectivity index is 1.49. The van der Waals surface area contributed by atoms with E-state index >= 15 is 0 Å². The zero-order chi connectivity index (χ0) is 15.7. The summed E-state index contributed by atoms with van der Waals surface area (Å²) >= 11 is 0. The monoisotopic (exact) mass is 321 g/mol. The molecule has 2 fully saturated rings. The van der Waals surface area contributed by atoms with Gasteiger partial charge in [-0.3, -0.25) is 4.79 Å².